The Morgan fingerprint density at radius 1 is 1.40 bits per heavy atom. The van der Waals surface area contributed by atoms with Crippen molar-refractivity contribution in [3.05, 3.63) is 32.3 Å². The van der Waals surface area contributed by atoms with Crippen LogP contribution in [0.2, 0.25) is 0 Å². The summed E-state index contributed by atoms with van der Waals surface area (Å²) in [5, 5.41) is 11.4. The fourth-order valence-corrected chi connectivity index (χ4v) is 3.21. The molecule has 1 aliphatic rings. The van der Waals surface area contributed by atoms with E-state index in [0.717, 1.165) is 12.0 Å². The van der Waals surface area contributed by atoms with Gasteiger partial charge in [0.2, 0.25) is 0 Å². The summed E-state index contributed by atoms with van der Waals surface area (Å²) in [4.78, 5) is 48.1. The van der Waals surface area contributed by atoms with E-state index < -0.39 is 34.5 Å². The number of rotatable bonds is 3. The Kier molecular flexibility index (Phi) is 5.73. The maximum atomic E-state index is 12.6. The van der Waals surface area contributed by atoms with E-state index in [1.54, 1.807) is 6.07 Å². The molecule has 0 aromatic heterocycles. The second-order valence-corrected chi connectivity index (χ2v) is 6.08. The summed E-state index contributed by atoms with van der Waals surface area (Å²) in [6.45, 7) is 1.48. The van der Waals surface area contributed by atoms with Gasteiger partial charge in [0.1, 0.15) is 11.7 Å². The number of halogens is 1. The minimum Gasteiger partial charge on any atom is -0.467 e. The summed E-state index contributed by atoms with van der Waals surface area (Å²) >= 11 is 3.19. The van der Waals surface area contributed by atoms with Crippen molar-refractivity contribution in [3.8, 4) is 0 Å². The molecule has 0 unspecified atom stereocenters. The molecule has 1 aliphatic heterocycles. The van der Waals surface area contributed by atoms with Crippen LogP contribution < -0.4 is 4.90 Å². The summed E-state index contributed by atoms with van der Waals surface area (Å²) in [6, 6.07) is 1.68. The molecule has 0 N–H and O–H groups in total. The van der Waals surface area contributed by atoms with Crippen LogP contribution in [0.15, 0.2) is 16.6 Å². The van der Waals surface area contributed by atoms with E-state index in [2.05, 4.69) is 20.7 Å². The van der Waals surface area contributed by atoms with Gasteiger partial charge in [0, 0.05) is 10.5 Å². The van der Waals surface area contributed by atoms with Crippen molar-refractivity contribution in [1.82, 2.24) is 0 Å². The van der Waals surface area contributed by atoms with Gasteiger partial charge in [-0.05, 0) is 31.4 Å². The van der Waals surface area contributed by atoms with Gasteiger partial charge in [-0.15, -0.1) is 0 Å². The molecule has 0 spiro atoms. The molecule has 9 nitrogen and oxygen atoms in total. The molecule has 1 aromatic carbocycles. The van der Waals surface area contributed by atoms with Crippen molar-refractivity contribution in [2.24, 2.45) is 0 Å². The number of ether oxygens (including phenoxy) is 2. The molecule has 134 valence electrons. The molecule has 1 atom stereocenters. The number of nitro benzene ring substituents is 1. The number of carbonyl (C=O) groups is 3. The molecule has 2 rings (SSSR count). The Balaban J connectivity index is 2.65. The molecule has 0 saturated carbocycles. The first-order valence-corrected chi connectivity index (χ1v) is 8.16. The Morgan fingerprint density at radius 3 is 2.64 bits per heavy atom. The van der Waals surface area contributed by atoms with Crippen molar-refractivity contribution < 1.29 is 28.8 Å². The van der Waals surface area contributed by atoms with E-state index in [4.69, 9.17) is 4.74 Å². The number of nitro groups is 1. The van der Waals surface area contributed by atoms with E-state index >= 15 is 0 Å². The smallest absolute Gasteiger partial charge is 0.397 e. The van der Waals surface area contributed by atoms with E-state index in [0.29, 0.717) is 16.5 Å². The summed E-state index contributed by atoms with van der Waals surface area (Å²) in [7, 11) is 1.14. The molecular weight excluding hydrogens is 400 g/mol. The number of benzene rings is 1. The first-order chi connectivity index (χ1) is 11.8. The van der Waals surface area contributed by atoms with Crippen LogP contribution in [-0.4, -0.2) is 42.5 Å². The Bertz CT molecular complexity index is 750. The molecule has 0 fully saturated rings. The van der Waals surface area contributed by atoms with Crippen LogP contribution in [-0.2, 0) is 30.3 Å². The van der Waals surface area contributed by atoms with Crippen LogP contribution in [0.3, 0.4) is 0 Å². The Labute approximate surface area is 151 Å². The minimum atomic E-state index is -1.19. The van der Waals surface area contributed by atoms with E-state index in [9.17, 15) is 24.5 Å². The van der Waals surface area contributed by atoms with E-state index in [1.807, 2.05) is 0 Å². The average Bonchev–Trinajstić information content (AvgIpc) is 2.58. The highest BCUT2D eigenvalue weighted by Gasteiger charge is 2.43. The molecule has 0 saturated heterocycles. The van der Waals surface area contributed by atoms with Crippen molar-refractivity contribution >= 4 is 45.2 Å². The number of anilines is 1. The van der Waals surface area contributed by atoms with Gasteiger partial charge >= 0.3 is 17.8 Å². The lowest BCUT2D eigenvalue weighted by Crippen LogP contribution is -2.51. The highest BCUT2D eigenvalue weighted by molar-refractivity contribution is 9.10. The van der Waals surface area contributed by atoms with Crippen LogP contribution in [0, 0.1) is 10.1 Å². The standard InChI is InChI=1S/C15H15BrN2O7/c1-3-25-15(21)13(19)17-10(14(20)24-2)5-4-8-6-9(16)7-11(12(8)17)18(22)23/h6-7,10H,3-5H2,1-2H3/t10-/m0/s1. The number of carbonyl (C=O) groups excluding carboxylic acids is 3. The number of fused-ring (bicyclic) bond motifs is 1. The Hall–Kier alpha value is -2.49. The van der Waals surface area contributed by atoms with Crippen molar-refractivity contribution in [1.29, 1.82) is 0 Å². The second-order valence-electron chi connectivity index (χ2n) is 5.16. The summed E-state index contributed by atoms with van der Waals surface area (Å²) in [6.07, 6.45) is 0.473. The van der Waals surface area contributed by atoms with Gasteiger partial charge in [0.25, 0.3) is 5.69 Å². The minimum absolute atomic E-state index is 0.0450. The maximum Gasteiger partial charge on any atom is 0.397 e. The molecule has 0 radical (unpaired) electrons. The third-order valence-electron chi connectivity index (χ3n) is 3.71. The van der Waals surface area contributed by atoms with Gasteiger partial charge in [-0.3, -0.25) is 19.8 Å². The average molecular weight is 415 g/mol. The zero-order valence-electron chi connectivity index (χ0n) is 13.5. The zero-order valence-corrected chi connectivity index (χ0v) is 15.1. The highest BCUT2D eigenvalue weighted by Crippen LogP contribution is 2.41. The zero-order chi connectivity index (χ0) is 18.7. The molecule has 0 bridgehead atoms. The van der Waals surface area contributed by atoms with Crippen LogP contribution in [0.25, 0.3) is 0 Å². The van der Waals surface area contributed by atoms with Gasteiger partial charge in [-0.25, -0.2) is 9.59 Å². The third-order valence-corrected chi connectivity index (χ3v) is 4.17. The summed E-state index contributed by atoms with van der Waals surface area (Å²) in [5.41, 5.74) is -0.0117. The molecule has 0 aliphatic carbocycles. The lowest BCUT2D eigenvalue weighted by molar-refractivity contribution is -0.384. The SMILES string of the molecule is CCOC(=O)C(=O)N1c2c(cc(Br)cc2[N+](=O)[O-])CC[C@H]1C(=O)OC. The number of nitrogens with zero attached hydrogens (tertiary/aromatic N) is 2. The maximum absolute atomic E-state index is 12.6. The molecule has 10 heteroatoms. The summed E-state index contributed by atoms with van der Waals surface area (Å²) < 4.78 is 9.84. The number of hydrogen-bond acceptors (Lipinski definition) is 7. The lowest BCUT2D eigenvalue weighted by atomic mass is 9.94. The number of aryl methyl sites for hydroxylation is 1. The van der Waals surface area contributed by atoms with Crippen LogP contribution in [0.1, 0.15) is 18.9 Å². The second kappa shape index (κ2) is 7.60. The number of esters is 2. The fraction of sp³-hybridized carbons (Fsp3) is 0.400. The predicted molar refractivity (Wildman–Crippen MR) is 89.0 cm³/mol. The molecule has 1 heterocycles. The fourth-order valence-electron chi connectivity index (χ4n) is 2.72. The van der Waals surface area contributed by atoms with Crippen LogP contribution in [0.5, 0.6) is 0 Å². The van der Waals surface area contributed by atoms with Gasteiger partial charge in [0.15, 0.2) is 0 Å². The largest absolute Gasteiger partial charge is 0.467 e. The molecular formula is C15H15BrN2O7. The van der Waals surface area contributed by atoms with Crippen LogP contribution in [0.4, 0.5) is 11.4 Å². The van der Waals surface area contributed by atoms with Crippen molar-refractivity contribution in [3.63, 3.8) is 0 Å². The predicted octanol–water partition coefficient (Wildman–Crippen LogP) is 1.74. The number of hydrogen-bond donors (Lipinski definition) is 0. The first-order valence-electron chi connectivity index (χ1n) is 7.36. The van der Waals surface area contributed by atoms with Gasteiger partial charge in [0.05, 0.1) is 18.6 Å². The lowest BCUT2D eigenvalue weighted by Gasteiger charge is -2.34. The van der Waals surface area contributed by atoms with Crippen molar-refractivity contribution in [2.45, 2.75) is 25.8 Å². The van der Waals surface area contributed by atoms with E-state index in [-0.39, 0.29) is 18.7 Å². The molecule has 1 amide bonds. The molecule has 1 aromatic rings. The topological polar surface area (TPSA) is 116 Å². The summed E-state index contributed by atoms with van der Waals surface area (Å²) in [5.74, 6) is -3.11. The molecule has 25 heavy (non-hydrogen) atoms. The third kappa shape index (κ3) is 3.63. The number of methoxy groups -OCH3 is 1. The first kappa shape index (κ1) is 18.8. The van der Waals surface area contributed by atoms with Gasteiger partial charge in [-0.1, -0.05) is 15.9 Å². The van der Waals surface area contributed by atoms with Crippen LogP contribution >= 0.6 is 15.9 Å². The highest BCUT2D eigenvalue weighted by atomic mass is 79.9. The Morgan fingerprint density at radius 2 is 2.08 bits per heavy atom. The quantitative estimate of drug-likeness (QED) is 0.320. The number of amides is 1. The normalized spacial score (nSPS) is 16.0. The van der Waals surface area contributed by atoms with Crippen molar-refractivity contribution in [2.75, 3.05) is 18.6 Å². The van der Waals surface area contributed by atoms with Gasteiger partial charge < -0.3 is 9.47 Å². The van der Waals surface area contributed by atoms with E-state index in [1.165, 1.54) is 13.0 Å². The van der Waals surface area contributed by atoms with Gasteiger partial charge in [-0.2, -0.15) is 0 Å². The monoisotopic (exact) mass is 414 g/mol.